The molecular weight excluding hydrogens is 216 g/mol. The van der Waals surface area contributed by atoms with Crippen LogP contribution in [-0.2, 0) is 8.87 Å². The fraction of sp³-hybridized carbons (Fsp3) is 1.00. The molecular formula is C10H22O2S2. The average Bonchev–Trinajstić information content (AvgIpc) is 1.76. The summed E-state index contributed by atoms with van der Waals surface area (Å²) in [5.74, 6) is 0.909. The Bertz CT molecular complexity index is 265. The molecule has 0 amide bonds. The molecule has 0 atom stereocenters. The van der Waals surface area contributed by atoms with E-state index in [9.17, 15) is 8.42 Å². The first-order valence-electron chi connectivity index (χ1n) is 4.78. The first-order valence-corrected chi connectivity index (χ1v) is 7.94. The average molecular weight is 238 g/mol. The van der Waals surface area contributed by atoms with Crippen LogP contribution in [0.2, 0.25) is 0 Å². The smallest absolute Gasteiger partial charge is 0.202 e. The van der Waals surface area contributed by atoms with Gasteiger partial charge in [0.15, 0.2) is 0 Å². The molecule has 0 rings (SSSR count). The van der Waals surface area contributed by atoms with Gasteiger partial charge in [0.1, 0.15) is 0 Å². The van der Waals surface area contributed by atoms with Crippen molar-refractivity contribution in [1.29, 1.82) is 0 Å². The van der Waals surface area contributed by atoms with E-state index in [-0.39, 0.29) is 16.6 Å². The Balaban J connectivity index is 4.25. The lowest BCUT2D eigenvalue weighted by molar-refractivity contribution is 0.464. The van der Waals surface area contributed by atoms with Crippen LogP contribution in [-0.4, -0.2) is 19.9 Å². The molecule has 86 valence electrons. The largest absolute Gasteiger partial charge is 0.217 e. The van der Waals surface area contributed by atoms with Gasteiger partial charge in [0, 0.05) is 5.75 Å². The minimum Gasteiger partial charge on any atom is -0.217 e. The number of hydrogen-bond acceptors (Lipinski definition) is 3. The summed E-state index contributed by atoms with van der Waals surface area (Å²) in [6.07, 6.45) is 0. The molecule has 0 spiro atoms. The zero-order valence-corrected chi connectivity index (χ0v) is 11.7. The van der Waals surface area contributed by atoms with Crippen molar-refractivity contribution in [2.75, 3.05) is 11.5 Å². The van der Waals surface area contributed by atoms with E-state index < -0.39 is 8.87 Å². The quantitative estimate of drug-likeness (QED) is 0.708. The first kappa shape index (κ1) is 14.3. The Hall–Kier alpha value is 0.300. The zero-order chi connectivity index (χ0) is 11.6. The molecule has 0 aliphatic heterocycles. The third-order valence-electron chi connectivity index (χ3n) is 1.28. The van der Waals surface area contributed by atoms with Gasteiger partial charge in [-0.05, 0) is 21.6 Å². The fourth-order valence-electron chi connectivity index (χ4n) is 0.839. The van der Waals surface area contributed by atoms with Crippen LogP contribution in [0.5, 0.6) is 0 Å². The van der Waals surface area contributed by atoms with Crippen LogP contribution in [0, 0.1) is 10.8 Å². The van der Waals surface area contributed by atoms with Crippen molar-refractivity contribution < 1.29 is 8.42 Å². The van der Waals surface area contributed by atoms with Gasteiger partial charge in [-0.2, -0.15) is 0 Å². The molecule has 0 heterocycles. The Kier molecular flexibility index (Phi) is 4.53. The number of hydrogen-bond donors (Lipinski definition) is 0. The molecule has 0 saturated carbocycles. The van der Waals surface area contributed by atoms with Gasteiger partial charge in [-0.15, -0.1) is 0 Å². The van der Waals surface area contributed by atoms with Crippen LogP contribution >= 0.6 is 10.8 Å². The molecule has 2 nitrogen and oxygen atoms in total. The maximum Gasteiger partial charge on any atom is 0.202 e. The Morgan fingerprint density at radius 3 is 1.64 bits per heavy atom. The Morgan fingerprint density at radius 1 is 0.929 bits per heavy atom. The van der Waals surface area contributed by atoms with Gasteiger partial charge >= 0.3 is 0 Å². The molecule has 0 fully saturated rings. The second-order valence-electron chi connectivity index (χ2n) is 6.09. The lowest BCUT2D eigenvalue weighted by atomic mass is 10.0. The van der Waals surface area contributed by atoms with Gasteiger partial charge in [-0.25, -0.2) is 8.42 Å². The molecule has 0 unspecified atom stereocenters. The predicted octanol–water partition coefficient (Wildman–Crippen LogP) is 3.14. The summed E-state index contributed by atoms with van der Waals surface area (Å²) < 4.78 is 23.3. The highest BCUT2D eigenvalue weighted by molar-refractivity contribution is 8.72. The molecule has 0 aliphatic rings. The molecule has 0 aromatic heterocycles. The van der Waals surface area contributed by atoms with Crippen LogP contribution in [0.3, 0.4) is 0 Å². The lowest BCUT2D eigenvalue weighted by Gasteiger charge is -2.20. The van der Waals surface area contributed by atoms with Gasteiger partial charge < -0.3 is 0 Å². The highest BCUT2D eigenvalue weighted by Gasteiger charge is 2.24. The van der Waals surface area contributed by atoms with Crippen molar-refractivity contribution in [3.8, 4) is 0 Å². The summed E-state index contributed by atoms with van der Waals surface area (Å²) in [7, 11) is -1.87. The van der Waals surface area contributed by atoms with Crippen molar-refractivity contribution in [3.05, 3.63) is 0 Å². The molecule has 0 bridgehead atoms. The molecule has 0 aromatic carbocycles. The third kappa shape index (κ3) is 8.88. The summed E-state index contributed by atoms with van der Waals surface area (Å²) in [6, 6.07) is 0. The van der Waals surface area contributed by atoms with Crippen molar-refractivity contribution >= 4 is 19.7 Å². The van der Waals surface area contributed by atoms with Gasteiger partial charge in [-0.1, -0.05) is 41.5 Å². The summed E-state index contributed by atoms with van der Waals surface area (Å²) in [4.78, 5) is 0. The normalized spacial score (nSPS) is 14.4. The van der Waals surface area contributed by atoms with Crippen molar-refractivity contribution in [2.24, 2.45) is 10.8 Å². The van der Waals surface area contributed by atoms with Crippen molar-refractivity contribution in [2.45, 2.75) is 41.5 Å². The highest BCUT2D eigenvalue weighted by Crippen LogP contribution is 2.28. The van der Waals surface area contributed by atoms with Gasteiger partial charge in [0.05, 0.1) is 5.75 Å². The van der Waals surface area contributed by atoms with E-state index in [0.717, 1.165) is 10.8 Å². The van der Waals surface area contributed by atoms with E-state index >= 15 is 0 Å². The first-order chi connectivity index (χ1) is 5.91. The van der Waals surface area contributed by atoms with Crippen LogP contribution in [0.25, 0.3) is 0 Å². The van der Waals surface area contributed by atoms with Gasteiger partial charge in [-0.3, -0.25) is 0 Å². The van der Waals surface area contributed by atoms with Gasteiger partial charge in [0.2, 0.25) is 8.87 Å². The molecule has 0 radical (unpaired) electrons. The van der Waals surface area contributed by atoms with E-state index in [1.54, 1.807) is 0 Å². The highest BCUT2D eigenvalue weighted by atomic mass is 33.1. The Labute approximate surface area is 92.2 Å². The molecule has 0 aliphatic carbocycles. The zero-order valence-electron chi connectivity index (χ0n) is 10.0. The second-order valence-corrected chi connectivity index (χ2v) is 10.2. The molecule has 14 heavy (non-hydrogen) atoms. The molecule has 0 N–H and O–H groups in total. The minimum absolute atomic E-state index is 0.0651. The predicted molar refractivity (Wildman–Crippen MR) is 65.2 cm³/mol. The van der Waals surface area contributed by atoms with Gasteiger partial charge in [0.25, 0.3) is 0 Å². The second kappa shape index (κ2) is 4.44. The van der Waals surface area contributed by atoms with Crippen LogP contribution in [0.1, 0.15) is 41.5 Å². The summed E-state index contributed by atoms with van der Waals surface area (Å²) in [5.41, 5.74) is -0.0840. The van der Waals surface area contributed by atoms with Crippen LogP contribution < -0.4 is 0 Å². The topological polar surface area (TPSA) is 34.1 Å². The summed E-state index contributed by atoms with van der Waals surface area (Å²) in [5, 5.41) is 0. The summed E-state index contributed by atoms with van der Waals surface area (Å²) >= 11 is 0. The molecule has 0 saturated heterocycles. The number of rotatable bonds is 3. The fourth-order valence-corrected chi connectivity index (χ4v) is 5.43. The SMILES string of the molecule is CC(C)(C)CSS(=O)(=O)CC(C)(C)C. The van der Waals surface area contributed by atoms with Crippen molar-refractivity contribution in [1.82, 2.24) is 0 Å². The molecule has 4 heteroatoms. The maximum absolute atomic E-state index is 11.7. The minimum atomic E-state index is -2.96. The van der Waals surface area contributed by atoms with Crippen LogP contribution in [0.4, 0.5) is 0 Å². The van der Waals surface area contributed by atoms with E-state index in [1.807, 2.05) is 41.5 Å². The van der Waals surface area contributed by atoms with E-state index in [4.69, 9.17) is 0 Å². The van der Waals surface area contributed by atoms with E-state index in [2.05, 4.69) is 0 Å². The lowest BCUT2D eigenvalue weighted by Crippen LogP contribution is -2.20. The van der Waals surface area contributed by atoms with Crippen molar-refractivity contribution in [3.63, 3.8) is 0 Å². The van der Waals surface area contributed by atoms with Crippen LogP contribution in [0.15, 0.2) is 0 Å². The third-order valence-corrected chi connectivity index (χ3v) is 5.63. The standard InChI is InChI=1S/C10H22O2S2/c1-9(2,3)7-13-14(11,12)8-10(4,5)6/h7-8H2,1-6H3. The summed E-state index contributed by atoms with van der Waals surface area (Å²) in [6.45, 7) is 12.0. The molecule has 0 aromatic rings. The van der Waals surface area contributed by atoms with E-state index in [0.29, 0.717) is 5.75 Å². The monoisotopic (exact) mass is 238 g/mol. The Morgan fingerprint density at radius 2 is 1.36 bits per heavy atom. The maximum atomic E-state index is 11.7. The van der Waals surface area contributed by atoms with E-state index in [1.165, 1.54) is 0 Å².